The first-order valence-electron chi connectivity index (χ1n) is 10.3. The van der Waals surface area contributed by atoms with Gasteiger partial charge in [-0.2, -0.15) is 8.42 Å². The van der Waals surface area contributed by atoms with E-state index in [0.29, 0.717) is 37.8 Å². The van der Waals surface area contributed by atoms with E-state index in [4.69, 9.17) is 0 Å². The van der Waals surface area contributed by atoms with E-state index in [-0.39, 0.29) is 11.3 Å². The summed E-state index contributed by atoms with van der Waals surface area (Å²) in [6.07, 6.45) is 6.19. The van der Waals surface area contributed by atoms with Crippen molar-refractivity contribution < 1.29 is 22.9 Å². The summed E-state index contributed by atoms with van der Waals surface area (Å²) in [5.41, 5.74) is 0.364. The standard InChI is InChI=1S/C21H29NO5S/c1-2-7-20(24)10-8-19(9-11-20)14-15-22(18(19)23)17-5-3-16(4-6-17)21(12-13-21)28(25,26)27/h3-6,24H,2,7-15H2,1H3,(H,25,26,27). The van der Waals surface area contributed by atoms with Gasteiger partial charge in [0.1, 0.15) is 4.75 Å². The number of aliphatic hydroxyl groups is 1. The predicted octanol–water partition coefficient (Wildman–Crippen LogP) is 3.39. The molecule has 4 rings (SSSR count). The molecule has 6 nitrogen and oxygen atoms in total. The third-order valence-corrected chi connectivity index (χ3v) is 8.90. The molecule has 2 saturated carbocycles. The van der Waals surface area contributed by atoms with Gasteiger partial charge in [0.05, 0.1) is 11.0 Å². The van der Waals surface area contributed by atoms with E-state index in [1.54, 1.807) is 29.2 Å². The van der Waals surface area contributed by atoms with Gasteiger partial charge >= 0.3 is 0 Å². The van der Waals surface area contributed by atoms with Gasteiger partial charge in [0.2, 0.25) is 5.91 Å². The number of anilines is 1. The van der Waals surface area contributed by atoms with Crippen LogP contribution in [0, 0.1) is 5.41 Å². The molecule has 0 radical (unpaired) electrons. The summed E-state index contributed by atoms with van der Waals surface area (Å²) in [6.45, 7) is 2.72. The van der Waals surface area contributed by atoms with E-state index in [9.17, 15) is 22.9 Å². The van der Waals surface area contributed by atoms with Crippen LogP contribution in [0.25, 0.3) is 0 Å². The molecule has 1 heterocycles. The maximum Gasteiger partial charge on any atom is 0.274 e. The second-order valence-corrected chi connectivity index (χ2v) is 10.7. The largest absolute Gasteiger partial charge is 0.390 e. The Morgan fingerprint density at radius 1 is 1.00 bits per heavy atom. The molecule has 1 amide bonds. The number of hydrogen-bond acceptors (Lipinski definition) is 4. The number of hydrogen-bond donors (Lipinski definition) is 2. The molecule has 3 fully saturated rings. The third-order valence-electron chi connectivity index (χ3n) is 7.27. The van der Waals surface area contributed by atoms with Gasteiger partial charge in [0.15, 0.2) is 0 Å². The molecule has 1 aromatic carbocycles. The molecule has 154 valence electrons. The summed E-state index contributed by atoms with van der Waals surface area (Å²) in [5, 5.41) is 10.7. The van der Waals surface area contributed by atoms with Gasteiger partial charge in [-0.1, -0.05) is 25.5 Å². The number of rotatable bonds is 5. The maximum absolute atomic E-state index is 13.2. The molecule has 1 aromatic rings. The van der Waals surface area contributed by atoms with Gasteiger partial charge in [-0.25, -0.2) is 0 Å². The minimum absolute atomic E-state index is 0.120. The Hall–Kier alpha value is -1.44. The Morgan fingerprint density at radius 2 is 1.61 bits per heavy atom. The Bertz CT molecular complexity index is 865. The van der Waals surface area contributed by atoms with E-state index in [1.165, 1.54) is 0 Å². The predicted molar refractivity (Wildman–Crippen MR) is 107 cm³/mol. The summed E-state index contributed by atoms with van der Waals surface area (Å²) >= 11 is 0. The molecule has 0 atom stereocenters. The lowest BCUT2D eigenvalue weighted by Crippen LogP contribution is -2.43. The minimum atomic E-state index is -4.13. The van der Waals surface area contributed by atoms with Crippen LogP contribution in [0.15, 0.2) is 24.3 Å². The van der Waals surface area contributed by atoms with Crippen molar-refractivity contribution in [3.63, 3.8) is 0 Å². The molecule has 1 saturated heterocycles. The Labute approximate surface area is 166 Å². The molecule has 2 aliphatic carbocycles. The average Bonchev–Trinajstić information content (AvgIpc) is 3.41. The molecule has 7 heteroatoms. The third kappa shape index (κ3) is 3.08. The van der Waals surface area contributed by atoms with Crippen molar-refractivity contribution in [1.29, 1.82) is 0 Å². The first-order valence-corrected chi connectivity index (χ1v) is 11.7. The molecule has 2 N–H and O–H groups in total. The minimum Gasteiger partial charge on any atom is -0.390 e. The van der Waals surface area contributed by atoms with Gasteiger partial charge in [-0.3, -0.25) is 9.35 Å². The number of nitrogens with zero attached hydrogens (tertiary/aromatic N) is 1. The zero-order valence-electron chi connectivity index (χ0n) is 16.4. The van der Waals surface area contributed by atoms with Gasteiger partial charge in [-0.05, 0) is 69.1 Å². The van der Waals surface area contributed by atoms with Gasteiger partial charge < -0.3 is 10.0 Å². The van der Waals surface area contributed by atoms with Crippen molar-refractivity contribution >= 4 is 21.7 Å². The topological polar surface area (TPSA) is 94.9 Å². The first kappa shape index (κ1) is 19.9. The summed E-state index contributed by atoms with van der Waals surface area (Å²) in [6, 6.07) is 7.01. The summed E-state index contributed by atoms with van der Waals surface area (Å²) in [5.74, 6) is 0.120. The van der Waals surface area contributed by atoms with E-state index in [1.807, 2.05) is 0 Å². The maximum atomic E-state index is 13.2. The molecule has 1 aliphatic heterocycles. The molecule has 0 bridgehead atoms. The highest BCUT2D eigenvalue weighted by molar-refractivity contribution is 7.87. The fraction of sp³-hybridized carbons (Fsp3) is 0.667. The molecular formula is C21H29NO5S. The zero-order chi connectivity index (χ0) is 20.2. The van der Waals surface area contributed by atoms with Crippen LogP contribution in [0.2, 0.25) is 0 Å². The highest BCUT2D eigenvalue weighted by atomic mass is 32.2. The highest BCUT2D eigenvalue weighted by Crippen LogP contribution is 2.53. The van der Waals surface area contributed by atoms with Crippen molar-refractivity contribution in [2.24, 2.45) is 5.41 Å². The Kier molecular flexibility index (Phi) is 4.64. The van der Waals surface area contributed by atoms with Crippen LogP contribution < -0.4 is 4.90 Å². The van der Waals surface area contributed by atoms with Crippen LogP contribution in [0.3, 0.4) is 0 Å². The van der Waals surface area contributed by atoms with Crippen molar-refractivity contribution in [1.82, 2.24) is 0 Å². The van der Waals surface area contributed by atoms with E-state index < -0.39 is 20.5 Å². The van der Waals surface area contributed by atoms with Gasteiger partial charge in [0.25, 0.3) is 10.1 Å². The number of amides is 1. The van der Waals surface area contributed by atoms with E-state index >= 15 is 0 Å². The lowest BCUT2D eigenvalue weighted by Gasteiger charge is -2.41. The van der Waals surface area contributed by atoms with Crippen molar-refractivity contribution in [3.8, 4) is 0 Å². The molecule has 28 heavy (non-hydrogen) atoms. The lowest BCUT2D eigenvalue weighted by atomic mass is 9.67. The second kappa shape index (κ2) is 6.54. The molecule has 0 aromatic heterocycles. The number of benzene rings is 1. The number of carbonyl (C=O) groups excluding carboxylic acids is 1. The van der Waals surface area contributed by atoms with Crippen molar-refractivity contribution in [2.45, 2.75) is 75.1 Å². The Morgan fingerprint density at radius 3 is 2.11 bits per heavy atom. The summed E-state index contributed by atoms with van der Waals surface area (Å²) in [7, 11) is -4.13. The average molecular weight is 408 g/mol. The SMILES string of the molecule is CCCC1(O)CCC2(CCN(c3ccc(C4(S(=O)(=O)O)CC4)cc3)C2=O)CC1. The van der Waals surface area contributed by atoms with Crippen LogP contribution in [0.4, 0.5) is 5.69 Å². The van der Waals surface area contributed by atoms with E-state index in [2.05, 4.69) is 6.92 Å². The van der Waals surface area contributed by atoms with Crippen LogP contribution in [-0.2, 0) is 19.7 Å². The van der Waals surface area contributed by atoms with Crippen LogP contribution in [0.1, 0.15) is 70.3 Å². The summed E-state index contributed by atoms with van der Waals surface area (Å²) < 4.78 is 31.7. The monoisotopic (exact) mass is 407 g/mol. The zero-order valence-corrected chi connectivity index (χ0v) is 17.2. The van der Waals surface area contributed by atoms with Gasteiger partial charge in [0, 0.05) is 12.2 Å². The second-order valence-electron chi connectivity index (χ2n) is 8.98. The van der Waals surface area contributed by atoms with Crippen LogP contribution in [-0.4, -0.2) is 36.1 Å². The van der Waals surface area contributed by atoms with Gasteiger partial charge in [-0.15, -0.1) is 0 Å². The normalized spacial score (nSPS) is 32.1. The van der Waals surface area contributed by atoms with Crippen molar-refractivity contribution in [3.05, 3.63) is 29.8 Å². The molecule has 3 aliphatic rings. The summed E-state index contributed by atoms with van der Waals surface area (Å²) in [4.78, 5) is 15.0. The van der Waals surface area contributed by atoms with E-state index in [0.717, 1.165) is 37.8 Å². The Balaban J connectivity index is 1.49. The van der Waals surface area contributed by atoms with Crippen LogP contribution >= 0.6 is 0 Å². The quantitative estimate of drug-likeness (QED) is 0.730. The van der Waals surface area contributed by atoms with Crippen molar-refractivity contribution in [2.75, 3.05) is 11.4 Å². The van der Waals surface area contributed by atoms with Crippen LogP contribution in [0.5, 0.6) is 0 Å². The fourth-order valence-corrected chi connectivity index (χ4v) is 6.25. The number of carbonyl (C=O) groups is 1. The molecule has 0 unspecified atom stereocenters. The fourth-order valence-electron chi connectivity index (χ4n) is 5.19. The first-order chi connectivity index (χ1) is 13.1. The molecule has 1 spiro atoms. The smallest absolute Gasteiger partial charge is 0.274 e. The molecular weight excluding hydrogens is 378 g/mol. The lowest BCUT2D eigenvalue weighted by molar-refractivity contribution is -0.130. The highest BCUT2D eigenvalue weighted by Gasteiger charge is 2.56.